The number of esters is 2. The van der Waals surface area contributed by atoms with Crippen molar-refractivity contribution in [2.45, 2.75) is 25.0 Å². The molecule has 3 unspecified atom stereocenters. The van der Waals surface area contributed by atoms with Gasteiger partial charge in [0.15, 0.2) is 11.9 Å². The second kappa shape index (κ2) is 16.0. The van der Waals surface area contributed by atoms with Crippen LogP contribution in [-0.2, 0) is 72.5 Å². The molecule has 5 aromatic rings. The molecule has 1 saturated heterocycles. The molecule has 3 atom stereocenters. The summed E-state index contributed by atoms with van der Waals surface area (Å²) in [4.78, 5) is 53.6. The number of benzene rings is 4. The van der Waals surface area contributed by atoms with Crippen LogP contribution in [0.3, 0.4) is 0 Å². The molecule has 1 aromatic heterocycles. The fourth-order valence-corrected chi connectivity index (χ4v) is 10.9. The fraction of sp³-hybridized carbons (Fsp3) is 0.171. The minimum Gasteiger partial charge on any atom is -0.767 e. The monoisotopic (exact) mass is 816 g/mol. The van der Waals surface area contributed by atoms with Gasteiger partial charge in [-0.15, -0.1) is 5.10 Å². The van der Waals surface area contributed by atoms with Gasteiger partial charge in [0.05, 0.1) is 10.8 Å². The third-order valence-corrected chi connectivity index (χ3v) is 13.0. The topological polar surface area (TPSA) is 160 Å². The Morgan fingerprint density at radius 1 is 0.902 bits per heavy atom. The van der Waals surface area contributed by atoms with Gasteiger partial charge in [-0.2, -0.15) is 0 Å². The molecule has 0 aliphatic carbocycles. The Labute approximate surface area is 314 Å². The van der Waals surface area contributed by atoms with Crippen LogP contribution in [0.15, 0.2) is 115 Å². The molecule has 0 radical (unpaired) electrons. The number of hydrogen-bond acceptors (Lipinski definition) is 11. The molecule has 1 aliphatic heterocycles. The summed E-state index contributed by atoms with van der Waals surface area (Å²) in [6, 6.07) is 33.8. The van der Waals surface area contributed by atoms with Crippen LogP contribution < -0.4 is 15.9 Å². The van der Waals surface area contributed by atoms with E-state index in [4.69, 9.17) is 22.1 Å². The van der Waals surface area contributed by atoms with Gasteiger partial charge in [-0.1, -0.05) is 96.4 Å². The minimum atomic E-state index is -3.27. The first-order chi connectivity index (χ1) is 24.1. The second-order valence-corrected chi connectivity index (χ2v) is 15.1. The van der Waals surface area contributed by atoms with E-state index in [1.54, 1.807) is 7.05 Å². The Morgan fingerprint density at radius 3 is 1.82 bits per heavy atom. The first kappa shape index (κ1) is 37.4. The van der Waals surface area contributed by atoms with E-state index < -0.39 is 47.1 Å². The number of likely N-dealkylation sites (tertiary alicyclic amines) is 1. The number of nitro groups is 1. The van der Waals surface area contributed by atoms with Crippen molar-refractivity contribution in [1.29, 1.82) is 0 Å². The predicted molar refractivity (Wildman–Crippen MR) is 188 cm³/mol. The van der Waals surface area contributed by atoms with Crippen molar-refractivity contribution in [2.24, 2.45) is 13.0 Å². The number of aromatic nitrogens is 4. The van der Waals surface area contributed by atoms with Crippen molar-refractivity contribution >= 4 is 64.4 Å². The molecule has 2 heterocycles. The molecule has 6 rings (SSSR count). The molecule has 0 bridgehead atoms. The molecule has 0 saturated carbocycles. The number of non-ortho nitro benzene ring substituents is 1. The molecule has 0 spiro atoms. The molecule has 13 nitrogen and oxygen atoms in total. The molecule has 16 heteroatoms. The number of nitrogens with zero attached hydrogens (tertiary/aromatic N) is 6. The second-order valence-electron chi connectivity index (χ2n) is 11.3. The third-order valence-electron chi connectivity index (χ3n) is 8.29. The van der Waals surface area contributed by atoms with Gasteiger partial charge < -0.3 is 27.0 Å². The summed E-state index contributed by atoms with van der Waals surface area (Å²) >= 11 is 6.03. The number of ether oxygens (including phenoxy) is 2. The molecule has 0 N–H and O–H groups in total. The Kier molecular flexibility index (Phi) is 11.7. The quantitative estimate of drug-likeness (QED) is 0.0367. The van der Waals surface area contributed by atoms with Gasteiger partial charge in [-0.25, -0.2) is 9.48 Å². The summed E-state index contributed by atoms with van der Waals surface area (Å²) in [5.41, 5.74) is 0.418. The fourth-order valence-electron chi connectivity index (χ4n) is 6.03. The Morgan fingerprint density at radius 2 is 1.41 bits per heavy atom. The Bertz CT molecular complexity index is 2000. The van der Waals surface area contributed by atoms with Gasteiger partial charge in [-0.05, 0) is 44.0 Å². The number of aryl methyl sites for hydroxylation is 1. The van der Waals surface area contributed by atoms with E-state index in [2.05, 4.69) is 15.5 Å². The number of β-lactam (4-membered cyclic amide) rings is 1. The maximum atomic E-state index is 14.8. The van der Waals surface area contributed by atoms with Crippen molar-refractivity contribution in [1.82, 2.24) is 25.1 Å². The number of nitro benzene ring substituents is 1. The summed E-state index contributed by atoms with van der Waals surface area (Å²) in [5.74, 6) is -3.04. The number of rotatable bonds is 11. The van der Waals surface area contributed by atoms with Crippen LogP contribution in [0.2, 0.25) is 0 Å². The van der Waals surface area contributed by atoms with Gasteiger partial charge >= 0.3 is 34.3 Å². The third kappa shape index (κ3) is 7.19. The van der Waals surface area contributed by atoms with E-state index in [0.29, 0.717) is 5.56 Å². The van der Waals surface area contributed by atoms with E-state index in [9.17, 15) is 24.5 Å². The minimum absolute atomic E-state index is 0. The van der Waals surface area contributed by atoms with Crippen molar-refractivity contribution in [2.75, 3.05) is 0 Å². The van der Waals surface area contributed by atoms with Crippen LogP contribution in [0, 0.1) is 16.0 Å². The standard InChI is InChI=1S/C35H31N6O7PS.Ag/c1-23(42)48-30(31-36-37-38-39(31)2)29-32(43)40(34(29)50)33(35(44)47-22-24-18-20-25(21-19-24)41(45)46)49(26-12-6-3-7-13-26,27-14-8-4-9-15-27)28-16-10-5-11-17-28;/h3-21,29-30,34,50H,22H2,1-2H3;/q;+1/p-1. The van der Waals surface area contributed by atoms with Crippen LogP contribution in [0.25, 0.3) is 0 Å². The zero-order valence-electron chi connectivity index (χ0n) is 27.1. The molecule has 4 aromatic carbocycles. The van der Waals surface area contributed by atoms with Crippen molar-refractivity contribution in [3.63, 3.8) is 0 Å². The first-order valence-electron chi connectivity index (χ1n) is 15.4. The van der Waals surface area contributed by atoms with Gasteiger partial charge in [0.1, 0.15) is 12.0 Å². The molecule has 51 heavy (non-hydrogen) atoms. The Hall–Kier alpha value is -4.85. The van der Waals surface area contributed by atoms with Crippen LogP contribution in [0.5, 0.6) is 0 Å². The van der Waals surface area contributed by atoms with Gasteiger partial charge in [-0.3, -0.25) is 19.7 Å². The molecule has 1 fully saturated rings. The number of hydrogen-bond donors (Lipinski definition) is 0. The number of tetrazole rings is 1. The van der Waals surface area contributed by atoms with Crippen molar-refractivity contribution < 1.29 is 51.2 Å². The van der Waals surface area contributed by atoms with Gasteiger partial charge in [0.2, 0.25) is 5.91 Å². The number of carbonyl (C=O) groups is 3. The number of amides is 1. The van der Waals surface area contributed by atoms with Crippen LogP contribution in [-0.4, -0.2) is 58.7 Å². The zero-order valence-corrected chi connectivity index (χ0v) is 30.3. The predicted octanol–water partition coefficient (Wildman–Crippen LogP) is 2.92. The summed E-state index contributed by atoms with van der Waals surface area (Å²) in [6.07, 6.45) is -1.23. The van der Waals surface area contributed by atoms with E-state index in [0.717, 1.165) is 15.9 Å². The van der Waals surface area contributed by atoms with Crippen molar-refractivity contribution in [3.05, 3.63) is 137 Å². The van der Waals surface area contributed by atoms with E-state index in [1.807, 2.05) is 91.0 Å². The first-order valence-corrected chi connectivity index (χ1v) is 17.6. The zero-order chi connectivity index (χ0) is 35.4. The maximum Gasteiger partial charge on any atom is 1.00 e. The van der Waals surface area contributed by atoms with E-state index in [-0.39, 0.29) is 45.9 Å². The van der Waals surface area contributed by atoms with E-state index >= 15 is 0 Å². The summed E-state index contributed by atoms with van der Waals surface area (Å²) in [7, 11) is 1.55. The molecular weight excluding hydrogens is 787 g/mol. The summed E-state index contributed by atoms with van der Waals surface area (Å²) in [6.45, 7) is -2.31. The molecule has 264 valence electrons. The average Bonchev–Trinajstić information content (AvgIpc) is 3.57. The molecule has 1 amide bonds. The number of carbonyl (C=O) groups excluding carboxylic acids is 3. The normalized spacial score (nSPS) is 15.9. The van der Waals surface area contributed by atoms with E-state index in [1.165, 1.54) is 40.8 Å². The maximum absolute atomic E-state index is 14.8. The Balaban J connectivity index is 0.00000504. The largest absolute Gasteiger partial charge is 1.00 e. The van der Waals surface area contributed by atoms with Crippen LogP contribution >= 0.6 is 6.89 Å². The average molecular weight is 818 g/mol. The smallest absolute Gasteiger partial charge is 0.767 e. The molecular formula is C35H30AgN6O7PS. The summed E-state index contributed by atoms with van der Waals surface area (Å²) in [5, 5.41) is 23.9. The van der Waals surface area contributed by atoms with Gasteiger partial charge in [0, 0.05) is 33.0 Å². The van der Waals surface area contributed by atoms with Gasteiger partial charge in [0.25, 0.3) is 5.69 Å². The van der Waals surface area contributed by atoms with Crippen molar-refractivity contribution in [3.8, 4) is 0 Å². The van der Waals surface area contributed by atoms with Crippen LogP contribution in [0.4, 0.5) is 5.69 Å². The molecule has 1 aliphatic rings. The summed E-state index contributed by atoms with van der Waals surface area (Å²) < 4.78 is 12.9. The SMILES string of the molecule is CC(=O)OC(c1nnnn1C)C1C(=O)N(C(C(=O)OCc2ccc([N+](=O)[O-])cc2)=P(c2ccccc2)(c2ccccc2)c2ccccc2)C1[S-].[Ag+]. The van der Waals surface area contributed by atoms with Crippen LogP contribution in [0.1, 0.15) is 24.4 Å².